The van der Waals surface area contributed by atoms with Gasteiger partial charge in [-0.2, -0.15) is 0 Å². The van der Waals surface area contributed by atoms with Crippen LogP contribution in [0.2, 0.25) is 0 Å². The summed E-state index contributed by atoms with van der Waals surface area (Å²) < 4.78 is 4.94. The fourth-order valence-electron chi connectivity index (χ4n) is 0.871. The zero-order valence-electron chi connectivity index (χ0n) is 7.90. The lowest BCUT2D eigenvalue weighted by atomic mass is 10.5. The van der Waals surface area contributed by atoms with Crippen LogP contribution >= 0.6 is 0 Å². The van der Waals surface area contributed by atoms with Crippen molar-refractivity contribution in [2.45, 2.75) is 0 Å². The van der Waals surface area contributed by atoms with Gasteiger partial charge in [-0.15, -0.1) is 0 Å². The minimum Gasteiger partial charge on any atom is -0.383 e. The molecule has 0 bridgehead atoms. The first kappa shape index (κ1) is 9.73. The molecule has 0 radical (unpaired) electrons. The van der Waals surface area contributed by atoms with Gasteiger partial charge in [0, 0.05) is 20.7 Å². The highest BCUT2D eigenvalue weighted by molar-refractivity contribution is 5.38. The van der Waals surface area contributed by atoms with Crippen molar-refractivity contribution in [1.29, 1.82) is 0 Å². The summed E-state index contributed by atoms with van der Waals surface area (Å²) in [5.74, 6) is 1.23. The summed E-state index contributed by atoms with van der Waals surface area (Å²) in [4.78, 5) is 10.0. The molecule has 0 fully saturated rings. The summed E-state index contributed by atoms with van der Waals surface area (Å²) in [7, 11) is 3.60. The van der Waals surface area contributed by atoms with Gasteiger partial charge in [0.05, 0.1) is 19.0 Å². The van der Waals surface area contributed by atoms with Crippen LogP contribution in [0.1, 0.15) is 0 Å². The minimum absolute atomic E-state index is 0.434. The average molecular weight is 182 g/mol. The predicted octanol–water partition coefficient (Wildman–Crippen LogP) is 0.141. The van der Waals surface area contributed by atoms with Gasteiger partial charge in [-0.3, -0.25) is 0 Å². The van der Waals surface area contributed by atoms with Gasteiger partial charge in [0.25, 0.3) is 0 Å². The van der Waals surface area contributed by atoms with E-state index in [-0.39, 0.29) is 0 Å². The van der Waals surface area contributed by atoms with Crippen LogP contribution in [0.5, 0.6) is 0 Å². The standard InChI is InChI=1S/C8H14N4O/c1-12(3-4-13-2)8-6-10-7(9)5-11-8/h5-6H,3-4H2,1-2H3,(H2,9,10). The van der Waals surface area contributed by atoms with E-state index < -0.39 is 0 Å². The van der Waals surface area contributed by atoms with E-state index in [1.807, 2.05) is 11.9 Å². The molecule has 0 amide bonds. The van der Waals surface area contributed by atoms with Crippen LogP contribution in [0.25, 0.3) is 0 Å². The van der Waals surface area contributed by atoms with E-state index in [1.165, 1.54) is 0 Å². The van der Waals surface area contributed by atoms with E-state index in [0.29, 0.717) is 12.4 Å². The number of hydrogen-bond donors (Lipinski definition) is 1. The molecule has 0 aromatic carbocycles. The van der Waals surface area contributed by atoms with Crippen LogP contribution < -0.4 is 10.6 Å². The van der Waals surface area contributed by atoms with Gasteiger partial charge >= 0.3 is 0 Å². The van der Waals surface area contributed by atoms with Crippen LogP contribution in [0.4, 0.5) is 11.6 Å². The molecule has 0 aliphatic rings. The third kappa shape index (κ3) is 2.87. The Kier molecular flexibility index (Phi) is 3.45. The molecule has 1 aromatic rings. The molecule has 5 heteroatoms. The number of ether oxygens (including phenoxy) is 1. The number of methoxy groups -OCH3 is 1. The Morgan fingerprint density at radius 3 is 2.77 bits per heavy atom. The number of nitrogen functional groups attached to an aromatic ring is 1. The van der Waals surface area contributed by atoms with E-state index in [1.54, 1.807) is 19.5 Å². The summed E-state index contributed by atoms with van der Waals surface area (Å²) in [6.07, 6.45) is 3.18. The Labute approximate surface area is 77.5 Å². The number of nitrogens with zero attached hydrogens (tertiary/aromatic N) is 3. The summed E-state index contributed by atoms with van der Waals surface area (Å²) in [5, 5.41) is 0. The topological polar surface area (TPSA) is 64.3 Å². The summed E-state index contributed by atoms with van der Waals surface area (Å²) >= 11 is 0. The van der Waals surface area contributed by atoms with Gasteiger partial charge in [0.15, 0.2) is 0 Å². The Morgan fingerprint density at radius 1 is 1.46 bits per heavy atom. The zero-order chi connectivity index (χ0) is 9.68. The van der Waals surface area contributed by atoms with E-state index in [9.17, 15) is 0 Å². The second-order valence-corrected chi connectivity index (χ2v) is 2.71. The van der Waals surface area contributed by atoms with Crippen molar-refractivity contribution in [3.8, 4) is 0 Å². The summed E-state index contributed by atoms with van der Waals surface area (Å²) in [6.45, 7) is 1.46. The molecule has 1 heterocycles. The Balaban J connectivity index is 2.55. The molecule has 0 aliphatic carbocycles. The van der Waals surface area contributed by atoms with E-state index in [0.717, 1.165) is 12.4 Å². The van der Waals surface area contributed by atoms with E-state index >= 15 is 0 Å². The molecule has 2 N–H and O–H groups in total. The highest BCUT2D eigenvalue weighted by Crippen LogP contribution is 2.06. The molecule has 1 rings (SSSR count). The van der Waals surface area contributed by atoms with Gasteiger partial charge in [-0.25, -0.2) is 9.97 Å². The first-order valence-corrected chi connectivity index (χ1v) is 4.01. The van der Waals surface area contributed by atoms with Gasteiger partial charge in [-0.1, -0.05) is 0 Å². The van der Waals surface area contributed by atoms with Crippen molar-refractivity contribution in [2.24, 2.45) is 0 Å². The molecule has 0 atom stereocenters. The SMILES string of the molecule is COCCN(C)c1cnc(N)cn1. The smallest absolute Gasteiger partial charge is 0.147 e. The van der Waals surface area contributed by atoms with Gasteiger partial charge in [0.1, 0.15) is 11.6 Å². The molecule has 0 aliphatic heterocycles. The predicted molar refractivity (Wildman–Crippen MR) is 51.6 cm³/mol. The van der Waals surface area contributed by atoms with Gasteiger partial charge in [0.2, 0.25) is 0 Å². The molecule has 0 unspecified atom stereocenters. The first-order chi connectivity index (χ1) is 6.24. The first-order valence-electron chi connectivity index (χ1n) is 4.01. The van der Waals surface area contributed by atoms with Crippen molar-refractivity contribution in [3.05, 3.63) is 12.4 Å². The lowest BCUT2D eigenvalue weighted by Crippen LogP contribution is -2.23. The molecule has 0 saturated carbocycles. The second-order valence-electron chi connectivity index (χ2n) is 2.71. The Hall–Kier alpha value is -1.36. The van der Waals surface area contributed by atoms with Crippen molar-refractivity contribution < 1.29 is 4.74 Å². The van der Waals surface area contributed by atoms with Crippen molar-refractivity contribution in [3.63, 3.8) is 0 Å². The average Bonchev–Trinajstić information content (AvgIpc) is 2.15. The maximum Gasteiger partial charge on any atom is 0.147 e. The molecule has 1 aromatic heterocycles. The third-order valence-electron chi connectivity index (χ3n) is 1.68. The maximum absolute atomic E-state index is 5.41. The summed E-state index contributed by atoms with van der Waals surface area (Å²) in [6, 6.07) is 0. The van der Waals surface area contributed by atoms with Crippen LogP contribution in [-0.2, 0) is 4.74 Å². The van der Waals surface area contributed by atoms with E-state index in [2.05, 4.69) is 9.97 Å². The number of anilines is 2. The number of nitrogens with two attached hydrogens (primary N) is 1. The highest BCUT2D eigenvalue weighted by atomic mass is 16.5. The van der Waals surface area contributed by atoms with Crippen molar-refractivity contribution >= 4 is 11.6 Å². The normalized spacial score (nSPS) is 10.0. The molecule has 0 spiro atoms. The molecular weight excluding hydrogens is 168 g/mol. The Morgan fingerprint density at radius 2 is 2.23 bits per heavy atom. The number of hydrogen-bond acceptors (Lipinski definition) is 5. The maximum atomic E-state index is 5.41. The zero-order valence-corrected chi connectivity index (χ0v) is 7.90. The monoisotopic (exact) mass is 182 g/mol. The van der Waals surface area contributed by atoms with Crippen LogP contribution in [-0.4, -0.2) is 37.3 Å². The fourth-order valence-corrected chi connectivity index (χ4v) is 0.871. The molecular formula is C8H14N4O. The molecule has 0 saturated heterocycles. The van der Waals surface area contributed by atoms with Crippen molar-refractivity contribution in [1.82, 2.24) is 9.97 Å². The molecule has 5 nitrogen and oxygen atoms in total. The lowest BCUT2D eigenvalue weighted by Gasteiger charge is -2.16. The van der Waals surface area contributed by atoms with Gasteiger partial charge < -0.3 is 15.4 Å². The highest BCUT2D eigenvalue weighted by Gasteiger charge is 2.01. The fraction of sp³-hybridized carbons (Fsp3) is 0.500. The molecule has 72 valence electrons. The summed E-state index contributed by atoms with van der Waals surface area (Å²) in [5.41, 5.74) is 5.41. The quantitative estimate of drug-likeness (QED) is 0.717. The van der Waals surface area contributed by atoms with Crippen molar-refractivity contribution in [2.75, 3.05) is 37.9 Å². The largest absolute Gasteiger partial charge is 0.383 e. The lowest BCUT2D eigenvalue weighted by molar-refractivity contribution is 0.206. The van der Waals surface area contributed by atoms with Crippen LogP contribution in [0.15, 0.2) is 12.4 Å². The Bertz CT molecular complexity index is 249. The second kappa shape index (κ2) is 4.61. The van der Waals surface area contributed by atoms with Gasteiger partial charge in [-0.05, 0) is 0 Å². The van der Waals surface area contributed by atoms with E-state index in [4.69, 9.17) is 10.5 Å². The number of aromatic nitrogens is 2. The van der Waals surface area contributed by atoms with Crippen LogP contribution in [0.3, 0.4) is 0 Å². The van der Waals surface area contributed by atoms with Crippen LogP contribution in [0, 0.1) is 0 Å². The molecule has 13 heavy (non-hydrogen) atoms. The number of likely N-dealkylation sites (N-methyl/N-ethyl adjacent to an activating group) is 1. The number of rotatable bonds is 4. The minimum atomic E-state index is 0.434. The third-order valence-corrected chi connectivity index (χ3v) is 1.68.